The normalized spacial score (nSPS) is 11.5. The average molecular weight is 502 g/mol. The highest BCUT2D eigenvalue weighted by atomic mass is 35.5. The molecule has 0 radical (unpaired) electrons. The van der Waals surface area contributed by atoms with Crippen molar-refractivity contribution in [2.24, 2.45) is 0 Å². The molecule has 0 atom stereocenters. The fourth-order valence-electron chi connectivity index (χ4n) is 3.06. The highest BCUT2D eigenvalue weighted by molar-refractivity contribution is 7.89. The van der Waals surface area contributed by atoms with Gasteiger partial charge in [0.25, 0.3) is 0 Å². The standard InChI is InChI=1S/C22H20ClN5O5S/c1-2-32-22(29)15-7-9-16(10-8-15)34(30,31)24-13-14-33-20-12-11-19-25-26-21(28(19)27-20)17-5-3-4-6-18(17)23/h3-12,24H,2,13-14H2,1H3. The molecule has 1 N–H and O–H groups in total. The van der Waals surface area contributed by atoms with E-state index in [1.165, 1.54) is 28.8 Å². The van der Waals surface area contributed by atoms with Gasteiger partial charge in [0.05, 0.1) is 22.1 Å². The predicted molar refractivity (Wildman–Crippen MR) is 124 cm³/mol. The summed E-state index contributed by atoms with van der Waals surface area (Å²) in [7, 11) is -3.79. The van der Waals surface area contributed by atoms with Crippen molar-refractivity contribution in [2.75, 3.05) is 19.8 Å². The SMILES string of the molecule is CCOC(=O)c1ccc(S(=O)(=O)NCCOc2ccc3nnc(-c4ccccc4Cl)n3n2)cc1. The molecule has 0 aliphatic carbocycles. The van der Waals surface area contributed by atoms with Crippen LogP contribution in [0.2, 0.25) is 5.02 Å². The Balaban J connectivity index is 1.39. The lowest BCUT2D eigenvalue weighted by molar-refractivity contribution is 0.0526. The molecule has 0 bridgehead atoms. The van der Waals surface area contributed by atoms with Crippen LogP contribution < -0.4 is 9.46 Å². The van der Waals surface area contributed by atoms with Crippen molar-refractivity contribution in [3.63, 3.8) is 0 Å². The van der Waals surface area contributed by atoms with Gasteiger partial charge in [0.15, 0.2) is 11.5 Å². The zero-order valence-electron chi connectivity index (χ0n) is 18.0. The van der Waals surface area contributed by atoms with Crippen LogP contribution in [-0.4, -0.2) is 54.0 Å². The molecular weight excluding hydrogens is 482 g/mol. The number of nitrogens with zero attached hydrogens (tertiary/aromatic N) is 4. The first-order chi connectivity index (χ1) is 16.4. The number of carbonyl (C=O) groups is 1. The lowest BCUT2D eigenvalue weighted by Crippen LogP contribution is -2.28. The minimum atomic E-state index is -3.79. The summed E-state index contributed by atoms with van der Waals surface area (Å²) in [6.07, 6.45) is 0. The van der Waals surface area contributed by atoms with E-state index >= 15 is 0 Å². The Morgan fingerprint density at radius 2 is 1.82 bits per heavy atom. The van der Waals surface area contributed by atoms with E-state index in [2.05, 4.69) is 20.0 Å². The van der Waals surface area contributed by atoms with E-state index < -0.39 is 16.0 Å². The maximum absolute atomic E-state index is 12.5. The number of hydrogen-bond donors (Lipinski definition) is 1. The van der Waals surface area contributed by atoms with Gasteiger partial charge in [0.1, 0.15) is 6.61 Å². The topological polar surface area (TPSA) is 125 Å². The number of fused-ring (bicyclic) bond motifs is 1. The van der Waals surface area contributed by atoms with Crippen molar-refractivity contribution in [3.8, 4) is 17.3 Å². The van der Waals surface area contributed by atoms with Gasteiger partial charge in [0, 0.05) is 18.2 Å². The molecule has 0 unspecified atom stereocenters. The number of benzene rings is 2. The van der Waals surface area contributed by atoms with Crippen LogP contribution in [0.25, 0.3) is 17.0 Å². The van der Waals surface area contributed by atoms with E-state index in [0.717, 1.165) is 0 Å². The number of rotatable bonds is 9. The Morgan fingerprint density at radius 1 is 1.06 bits per heavy atom. The highest BCUT2D eigenvalue weighted by Crippen LogP contribution is 2.26. The van der Waals surface area contributed by atoms with Gasteiger partial charge in [-0.25, -0.2) is 17.9 Å². The molecule has 176 valence electrons. The highest BCUT2D eigenvalue weighted by Gasteiger charge is 2.16. The molecule has 0 saturated carbocycles. The maximum Gasteiger partial charge on any atom is 0.338 e. The van der Waals surface area contributed by atoms with Crippen molar-refractivity contribution in [1.29, 1.82) is 0 Å². The van der Waals surface area contributed by atoms with E-state index in [-0.39, 0.29) is 36.1 Å². The van der Waals surface area contributed by atoms with Crippen LogP contribution in [0.15, 0.2) is 65.6 Å². The summed E-state index contributed by atoms with van der Waals surface area (Å²) < 4.78 is 39.4. The van der Waals surface area contributed by atoms with Crippen molar-refractivity contribution < 1.29 is 22.7 Å². The smallest absolute Gasteiger partial charge is 0.338 e. The number of aromatic nitrogens is 4. The third-order valence-electron chi connectivity index (χ3n) is 4.67. The summed E-state index contributed by atoms with van der Waals surface area (Å²) in [4.78, 5) is 11.7. The zero-order chi connectivity index (χ0) is 24.1. The van der Waals surface area contributed by atoms with Gasteiger partial charge < -0.3 is 9.47 Å². The lowest BCUT2D eigenvalue weighted by atomic mass is 10.2. The number of halogens is 1. The summed E-state index contributed by atoms with van der Waals surface area (Å²) in [5.74, 6) is 0.208. The molecule has 0 aliphatic rings. The Labute approximate surface area is 200 Å². The molecule has 2 aromatic carbocycles. The number of ether oxygens (including phenoxy) is 2. The van der Waals surface area contributed by atoms with Crippen LogP contribution >= 0.6 is 11.6 Å². The van der Waals surface area contributed by atoms with Gasteiger partial charge in [-0.05, 0) is 49.4 Å². The second-order valence-electron chi connectivity index (χ2n) is 6.94. The van der Waals surface area contributed by atoms with Gasteiger partial charge in [-0.15, -0.1) is 15.3 Å². The quantitative estimate of drug-likeness (QED) is 0.274. The monoisotopic (exact) mass is 501 g/mol. The van der Waals surface area contributed by atoms with E-state index in [1.807, 2.05) is 18.2 Å². The average Bonchev–Trinajstić information content (AvgIpc) is 3.25. The number of sulfonamides is 1. The third kappa shape index (κ3) is 5.16. The first-order valence-electron chi connectivity index (χ1n) is 10.3. The Kier molecular flexibility index (Phi) is 7.06. The molecular formula is C22H20ClN5O5S. The Hall–Kier alpha value is -3.54. The number of nitrogens with one attached hydrogen (secondary N) is 1. The molecule has 12 heteroatoms. The first kappa shape index (κ1) is 23.6. The molecule has 2 aromatic heterocycles. The van der Waals surface area contributed by atoms with Gasteiger partial charge >= 0.3 is 5.97 Å². The van der Waals surface area contributed by atoms with Crippen molar-refractivity contribution >= 4 is 33.2 Å². The largest absolute Gasteiger partial charge is 0.475 e. The van der Waals surface area contributed by atoms with E-state index in [9.17, 15) is 13.2 Å². The molecule has 0 saturated heterocycles. The molecule has 0 amide bonds. The second kappa shape index (κ2) is 10.2. The summed E-state index contributed by atoms with van der Waals surface area (Å²) in [5.41, 5.74) is 1.45. The van der Waals surface area contributed by atoms with Crippen molar-refractivity contribution in [1.82, 2.24) is 24.5 Å². The fraction of sp³-hybridized carbons (Fsp3) is 0.182. The van der Waals surface area contributed by atoms with Gasteiger partial charge in [-0.1, -0.05) is 23.7 Å². The number of carbonyl (C=O) groups excluding carboxylic acids is 1. The molecule has 0 fully saturated rings. The van der Waals surface area contributed by atoms with Gasteiger partial charge in [-0.2, -0.15) is 4.52 Å². The van der Waals surface area contributed by atoms with Crippen LogP contribution in [0.4, 0.5) is 0 Å². The van der Waals surface area contributed by atoms with Crippen LogP contribution in [-0.2, 0) is 14.8 Å². The summed E-state index contributed by atoms with van der Waals surface area (Å²) >= 11 is 6.26. The molecule has 2 heterocycles. The lowest BCUT2D eigenvalue weighted by Gasteiger charge is -2.09. The van der Waals surface area contributed by atoms with E-state index in [0.29, 0.717) is 22.1 Å². The Bertz CT molecular complexity index is 1420. The molecule has 4 rings (SSSR count). The maximum atomic E-state index is 12.5. The summed E-state index contributed by atoms with van der Waals surface area (Å²) in [5, 5.41) is 13.1. The fourth-order valence-corrected chi connectivity index (χ4v) is 4.29. The van der Waals surface area contributed by atoms with E-state index in [4.69, 9.17) is 21.1 Å². The second-order valence-corrected chi connectivity index (χ2v) is 9.11. The van der Waals surface area contributed by atoms with E-state index in [1.54, 1.807) is 25.1 Å². The van der Waals surface area contributed by atoms with Crippen molar-refractivity contribution in [2.45, 2.75) is 11.8 Å². The van der Waals surface area contributed by atoms with Crippen LogP contribution in [0.1, 0.15) is 17.3 Å². The van der Waals surface area contributed by atoms with Crippen LogP contribution in [0.5, 0.6) is 5.88 Å². The molecule has 10 nitrogen and oxygen atoms in total. The minimum Gasteiger partial charge on any atom is -0.475 e. The van der Waals surface area contributed by atoms with Crippen LogP contribution in [0.3, 0.4) is 0 Å². The van der Waals surface area contributed by atoms with Crippen LogP contribution in [0, 0.1) is 0 Å². The van der Waals surface area contributed by atoms with Gasteiger partial charge in [-0.3, -0.25) is 0 Å². The summed E-state index contributed by atoms with van der Waals surface area (Å²) in [6, 6.07) is 16.0. The van der Waals surface area contributed by atoms with Crippen molar-refractivity contribution in [3.05, 3.63) is 71.2 Å². The summed E-state index contributed by atoms with van der Waals surface area (Å²) in [6.45, 7) is 1.96. The first-order valence-corrected chi connectivity index (χ1v) is 12.1. The third-order valence-corrected chi connectivity index (χ3v) is 6.48. The minimum absolute atomic E-state index is 0.00122. The predicted octanol–water partition coefficient (Wildman–Crippen LogP) is 2.98. The molecule has 0 spiro atoms. The number of hydrogen-bond acceptors (Lipinski definition) is 8. The Morgan fingerprint density at radius 3 is 2.56 bits per heavy atom. The zero-order valence-corrected chi connectivity index (χ0v) is 19.6. The number of esters is 1. The van der Waals surface area contributed by atoms with Gasteiger partial charge in [0.2, 0.25) is 15.9 Å². The molecule has 34 heavy (non-hydrogen) atoms. The molecule has 4 aromatic rings. The molecule has 0 aliphatic heterocycles.